The summed E-state index contributed by atoms with van der Waals surface area (Å²) < 4.78 is 0. The Balaban J connectivity index is 2.12. The number of nitrogens with zero attached hydrogens (tertiary/aromatic N) is 2. The Morgan fingerprint density at radius 2 is 2.05 bits per heavy atom. The molecule has 1 aromatic heterocycles. The van der Waals surface area contributed by atoms with Crippen molar-refractivity contribution in [2.45, 2.75) is 13.8 Å². The zero-order valence-corrected chi connectivity index (χ0v) is 12.2. The van der Waals surface area contributed by atoms with Crippen molar-refractivity contribution in [2.24, 2.45) is 0 Å². The minimum Gasteiger partial charge on any atom is -0.382 e. The van der Waals surface area contributed by atoms with Crippen molar-refractivity contribution in [1.29, 1.82) is 0 Å². The smallest absolute Gasteiger partial charge is 0.0934 e. The molecule has 0 aliphatic rings. The van der Waals surface area contributed by atoms with E-state index in [1.165, 1.54) is 0 Å². The molecule has 0 amide bonds. The number of rotatable bonds is 6. The Labute approximate surface area is 119 Å². The van der Waals surface area contributed by atoms with Gasteiger partial charge in [0.15, 0.2) is 0 Å². The molecule has 0 atom stereocenters. The van der Waals surface area contributed by atoms with E-state index in [0.29, 0.717) is 0 Å². The van der Waals surface area contributed by atoms with Crippen molar-refractivity contribution in [2.75, 3.05) is 31.5 Å². The molecule has 1 N–H and O–H groups in total. The van der Waals surface area contributed by atoms with Gasteiger partial charge in [-0.3, -0.25) is 4.98 Å². The van der Waals surface area contributed by atoms with E-state index in [1.54, 1.807) is 0 Å². The van der Waals surface area contributed by atoms with Gasteiger partial charge in [0.25, 0.3) is 0 Å². The fourth-order valence-electron chi connectivity index (χ4n) is 2.18. The van der Waals surface area contributed by atoms with Crippen LogP contribution in [-0.2, 0) is 0 Å². The average molecular weight is 278 g/mol. The molecule has 1 heterocycles. The van der Waals surface area contributed by atoms with E-state index in [-0.39, 0.29) is 0 Å². The van der Waals surface area contributed by atoms with E-state index in [9.17, 15) is 0 Å². The summed E-state index contributed by atoms with van der Waals surface area (Å²) in [7, 11) is 0. The molecule has 0 aliphatic carbocycles. The summed E-state index contributed by atoms with van der Waals surface area (Å²) in [5.74, 6) is 0. The largest absolute Gasteiger partial charge is 0.382 e. The molecule has 0 saturated carbocycles. The van der Waals surface area contributed by atoms with Gasteiger partial charge >= 0.3 is 0 Å². The second-order valence-corrected chi connectivity index (χ2v) is 4.92. The summed E-state index contributed by atoms with van der Waals surface area (Å²) in [6.45, 7) is 8.43. The van der Waals surface area contributed by atoms with E-state index < -0.39 is 0 Å². The molecule has 0 aliphatic heterocycles. The number of pyridine rings is 1. The maximum Gasteiger partial charge on any atom is 0.0934 e. The Morgan fingerprint density at radius 1 is 1.26 bits per heavy atom. The highest BCUT2D eigenvalue weighted by molar-refractivity contribution is 6.31. The van der Waals surface area contributed by atoms with Gasteiger partial charge in [0, 0.05) is 29.7 Å². The first kappa shape index (κ1) is 14.1. The van der Waals surface area contributed by atoms with Crippen LogP contribution < -0.4 is 5.32 Å². The van der Waals surface area contributed by atoms with Crippen molar-refractivity contribution in [3.8, 4) is 0 Å². The fraction of sp³-hybridized carbons (Fsp3) is 0.400. The average Bonchev–Trinajstić information content (AvgIpc) is 2.43. The van der Waals surface area contributed by atoms with Gasteiger partial charge in [-0.15, -0.1) is 0 Å². The van der Waals surface area contributed by atoms with Crippen LogP contribution in [0.2, 0.25) is 5.02 Å². The van der Waals surface area contributed by atoms with Crippen molar-refractivity contribution < 1.29 is 0 Å². The van der Waals surface area contributed by atoms with Gasteiger partial charge in [0.05, 0.1) is 11.2 Å². The van der Waals surface area contributed by atoms with Gasteiger partial charge in [-0.2, -0.15) is 0 Å². The molecule has 0 unspecified atom stereocenters. The molecule has 2 aromatic rings. The van der Waals surface area contributed by atoms with Gasteiger partial charge in [0.2, 0.25) is 0 Å². The molecule has 2 rings (SSSR count). The molecule has 0 spiro atoms. The third kappa shape index (κ3) is 3.58. The lowest BCUT2D eigenvalue weighted by molar-refractivity contribution is 0.316. The number of nitrogens with one attached hydrogen (secondary N) is 1. The molecule has 3 nitrogen and oxygen atoms in total. The highest BCUT2D eigenvalue weighted by Crippen LogP contribution is 2.25. The van der Waals surface area contributed by atoms with Gasteiger partial charge in [-0.05, 0) is 31.3 Å². The minimum absolute atomic E-state index is 0.742. The van der Waals surface area contributed by atoms with Crippen LogP contribution in [0, 0.1) is 0 Å². The SMILES string of the molecule is CCN(CC)CCNc1cc(Cl)cc2cccnc12. The number of halogens is 1. The monoisotopic (exact) mass is 277 g/mol. The predicted molar refractivity (Wildman–Crippen MR) is 83.0 cm³/mol. The first-order chi connectivity index (χ1) is 9.24. The zero-order valence-electron chi connectivity index (χ0n) is 11.5. The summed E-state index contributed by atoms with van der Waals surface area (Å²) in [6.07, 6.45) is 1.81. The first-order valence-corrected chi connectivity index (χ1v) is 7.13. The second-order valence-electron chi connectivity index (χ2n) is 4.48. The van der Waals surface area contributed by atoms with Crippen LogP contribution in [0.1, 0.15) is 13.8 Å². The minimum atomic E-state index is 0.742. The second kappa shape index (κ2) is 6.73. The molecular formula is C15H20ClN3. The lowest BCUT2D eigenvalue weighted by atomic mass is 10.2. The lowest BCUT2D eigenvalue weighted by Crippen LogP contribution is -2.28. The van der Waals surface area contributed by atoms with Crippen LogP contribution in [0.3, 0.4) is 0 Å². The molecule has 4 heteroatoms. The Hall–Kier alpha value is -1.32. The van der Waals surface area contributed by atoms with E-state index in [4.69, 9.17) is 11.6 Å². The summed E-state index contributed by atoms with van der Waals surface area (Å²) in [4.78, 5) is 6.81. The summed E-state index contributed by atoms with van der Waals surface area (Å²) >= 11 is 6.14. The van der Waals surface area contributed by atoms with Crippen LogP contribution in [0.25, 0.3) is 10.9 Å². The van der Waals surface area contributed by atoms with Crippen LogP contribution in [0.5, 0.6) is 0 Å². The third-order valence-corrected chi connectivity index (χ3v) is 3.53. The molecule has 19 heavy (non-hydrogen) atoms. The van der Waals surface area contributed by atoms with Gasteiger partial charge in [-0.1, -0.05) is 31.5 Å². The number of fused-ring (bicyclic) bond motifs is 1. The predicted octanol–water partition coefficient (Wildman–Crippen LogP) is 3.64. The Morgan fingerprint density at radius 3 is 2.79 bits per heavy atom. The molecule has 0 saturated heterocycles. The van der Waals surface area contributed by atoms with E-state index in [2.05, 4.69) is 29.0 Å². The molecule has 0 bridgehead atoms. The zero-order chi connectivity index (χ0) is 13.7. The van der Waals surface area contributed by atoms with Crippen LogP contribution >= 0.6 is 11.6 Å². The maximum atomic E-state index is 6.14. The maximum absolute atomic E-state index is 6.14. The summed E-state index contributed by atoms with van der Waals surface area (Å²) in [6, 6.07) is 7.85. The van der Waals surface area contributed by atoms with E-state index >= 15 is 0 Å². The molecular weight excluding hydrogens is 258 g/mol. The third-order valence-electron chi connectivity index (χ3n) is 3.31. The van der Waals surface area contributed by atoms with Crippen LogP contribution in [0.4, 0.5) is 5.69 Å². The van der Waals surface area contributed by atoms with Crippen molar-refractivity contribution in [3.05, 3.63) is 35.5 Å². The quantitative estimate of drug-likeness (QED) is 0.874. The van der Waals surface area contributed by atoms with E-state index in [0.717, 1.165) is 47.8 Å². The van der Waals surface area contributed by atoms with Crippen LogP contribution in [-0.4, -0.2) is 36.1 Å². The summed E-state index contributed by atoms with van der Waals surface area (Å²) in [5, 5.41) is 5.25. The fourth-order valence-corrected chi connectivity index (χ4v) is 2.41. The highest BCUT2D eigenvalue weighted by Gasteiger charge is 2.04. The summed E-state index contributed by atoms with van der Waals surface area (Å²) in [5.41, 5.74) is 1.99. The molecule has 102 valence electrons. The van der Waals surface area contributed by atoms with Gasteiger partial charge < -0.3 is 10.2 Å². The number of aromatic nitrogens is 1. The lowest BCUT2D eigenvalue weighted by Gasteiger charge is -2.18. The number of benzene rings is 1. The Kier molecular flexibility index (Phi) is 5.00. The molecule has 0 fully saturated rings. The first-order valence-electron chi connectivity index (χ1n) is 6.75. The van der Waals surface area contributed by atoms with Crippen molar-refractivity contribution in [1.82, 2.24) is 9.88 Å². The van der Waals surface area contributed by atoms with Crippen molar-refractivity contribution >= 4 is 28.2 Å². The standard InChI is InChI=1S/C15H20ClN3/c1-3-19(4-2)9-8-17-14-11-13(16)10-12-6-5-7-18-15(12)14/h5-7,10-11,17H,3-4,8-9H2,1-2H3. The van der Waals surface area contributed by atoms with Gasteiger partial charge in [0.1, 0.15) is 0 Å². The highest BCUT2D eigenvalue weighted by atomic mass is 35.5. The van der Waals surface area contributed by atoms with Gasteiger partial charge in [-0.25, -0.2) is 0 Å². The molecule has 0 radical (unpaired) electrons. The number of anilines is 1. The topological polar surface area (TPSA) is 28.2 Å². The Bertz CT molecular complexity index is 538. The number of hydrogen-bond donors (Lipinski definition) is 1. The molecule has 1 aromatic carbocycles. The van der Waals surface area contributed by atoms with E-state index in [1.807, 2.05) is 30.5 Å². The number of hydrogen-bond acceptors (Lipinski definition) is 3. The van der Waals surface area contributed by atoms with Crippen LogP contribution in [0.15, 0.2) is 30.5 Å². The van der Waals surface area contributed by atoms with Crippen molar-refractivity contribution in [3.63, 3.8) is 0 Å². The number of likely N-dealkylation sites (N-methyl/N-ethyl adjacent to an activating group) is 1. The normalized spacial score (nSPS) is 11.2.